The lowest BCUT2D eigenvalue weighted by Gasteiger charge is -2.24. The molecular formula is C12H24N4O. The minimum Gasteiger partial charge on any atom is -0.380 e. The summed E-state index contributed by atoms with van der Waals surface area (Å²) in [4.78, 5) is 0. The Kier molecular flexibility index (Phi) is 6.15. The number of hydrogen-bond acceptors (Lipinski definition) is 4. The predicted octanol–water partition coefficient (Wildman–Crippen LogP) is 1.76. The highest BCUT2D eigenvalue weighted by Gasteiger charge is 2.22. The summed E-state index contributed by atoms with van der Waals surface area (Å²) in [5.74, 6) is 0. The molecule has 0 saturated heterocycles. The molecular weight excluding hydrogens is 216 g/mol. The number of aromatic nitrogens is 3. The number of nitrogens with zero attached hydrogens (tertiary/aromatic N) is 3. The van der Waals surface area contributed by atoms with E-state index in [9.17, 15) is 0 Å². The summed E-state index contributed by atoms with van der Waals surface area (Å²) >= 11 is 0. The van der Waals surface area contributed by atoms with Crippen molar-refractivity contribution in [3.63, 3.8) is 0 Å². The van der Waals surface area contributed by atoms with Crippen LogP contribution in [0.15, 0.2) is 6.20 Å². The number of ether oxygens (including phenoxy) is 1. The Bertz CT molecular complexity index is 313. The Morgan fingerprint density at radius 2 is 2.18 bits per heavy atom. The average molecular weight is 240 g/mol. The van der Waals surface area contributed by atoms with E-state index in [1.54, 1.807) is 7.11 Å². The van der Waals surface area contributed by atoms with Gasteiger partial charge in [-0.25, -0.2) is 4.68 Å². The SMILES string of the molecule is CCCNC(c1cnnn1CCC)C(C)OC. The quantitative estimate of drug-likeness (QED) is 0.752. The van der Waals surface area contributed by atoms with E-state index in [0.29, 0.717) is 0 Å². The fourth-order valence-electron chi connectivity index (χ4n) is 1.84. The zero-order chi connectivity index (χ0) is 12.7. The van der Waals surface area contributed by atoms with Crippen LogP contribution in [0.4, 0.5) is 0 Å². The molecule has 0 radical (unpaired) electrons. The number of rotatable bonds is 8. The molecule has 98 valence electrons. The topological polar surface area (TPSA) is 52.0 Å². The van der Waals surface area contributed by atoms with E-state index in [4.69, 9.17) is 4.74 Å². The van der Waals surface area contributed by atoms with Crippen LogP contribution in [-0.4, -0.2) is 34.8 Å². The molecule has 17 heavy (non-hydrogen) atoms. The molecule has 0 bridgehead atoms. The van der Waals surface area contributed by atoms with E-state index in [1.807, 2.05) is 10.9 Å². The molecule has 0 aliphatic carbocycles. The first kappa shape index (κ1) is 14.1. The Labute approximate surface area is 104 Å². The zero-order valence-electron chi connectivity index (χ0n) is 11.3. The van der Waals surface area contributed by atoms with Crippen LogP contribution in [0.1, 0.15) is 45.3 Å². The van der Waals surface area contributed by atoms with Crippen LogP contribution >= 0.6 is 0 Å². The van der Waals surface area contributed by atoms with Crippen LogP contribution in [0.2, 0.25) is 0 Å². The van der Waals surface area contributed by atoms with Gasteiger partial charge in [-0.15, -0.1) is 5.10 Å². The molecule has 1 rings (SSSR count). The normalized spacial score (nSPS) is 14.8. The molecule has 0 aliphatic heterocycles. The third-order valence-electron chi connectivity index (χ3n) is 2.86. The molecule has 5 heteroatoms. The highest BCUT2D eigenvalue weighted by Crippen LogP contribution is 2.18. The molecule has 0 aromatic carbocycles. The largest absolute Gasteiger partial charge is 0.380 e. The monoisotopic (exact) mass is 240 g/mol. The smallest absolute Gasteiger partial charge is 0.0782 e. The second kappa shape index (κ2) is 7.40. The summed E-state index contributed by atoms with van der Waals surface area (Å²) in [5.41, 5.74) is 1.11. The third-order valence-corrected chi connectivity index (χ3v) is 2.86. The highest BCUT2D eigenvalue weighted by molar-refractivity contribution is 5.04. The number of nitrogens with one attached hydrogen (secondary N) is 1. The van der Waals surface area contributed by atoms with Gasteiger partial charge >= 0.3 is 0 Å². The van der Waals surface area contributed by atoms with Gasteiger partial charge in [-0.3, -0.25) is 0 Å². The molecule has 0 saturated carbocycles. The number of hydrogen-bond donors (Lipinski definition) is 1. The van der Waals surface area contributed by atoms with Gasteiger partial charge in [-0.1, -0.05) is 19.1 Å². The van der Waals surface area contributed by atoms with Gasteiger partial charge in [0.25, 0.3) is 0 Å². The van der Waals surface area contributed by atoms with E-state index in [1.165, 1.54) is 0 Å². The van der Waals surface area contributed by atoms with E-state index in [-0.39, 0.29) is 12.1 Å². The first-order valence-electron chi connectivity index (χ1n) is 6.39. The summed E-state index contributed by atoms with van der Waals surface area (Å²) in [7, 11) is 1.74. The van der Waals surface area contributed by atoms with Crippen LogP contribution in [0.25, 0.3) is 0 Å². The highest BCUT2D eigenvalue weighted by atomic mass is 16.5. The second-order valence-corrected chi connectivity index (χ2v) is 4.25. The minimum absolute atomic E-state index is 0.107. The summed E-state index contributed by atoms with van der Waals surface area (Å²) in [6.45, 7) is 8.23. The van der Waals surface area contributed by atoms with Crippen molar-refractivity contribution in [2.24, 2.45) is 0 Å². The van der Waals surface area contributed by atoms with Gasteiger partial charge < -0.3 is 10.1 Å². The maximum atomic E-state index is 5.43. The van der Waals surface area contributed by atoms with Crippen molar-refractivity contribution in [1.29, 1.82) is 0 Å². The van der Waals surface area contributed by atoms with Crippen LogP contribution in [0.3, 0.4) is 0 Å². The van der Waals surface area contributed by atoms with Crippen molar-refractivity contribution in [3.05, 3.63) is 11.9 Å². The van der Waals surface area contributed by atoms with Crippen molar-refractivity contribution in [2.75, 3.05) is 13.7 Å². The maximum Gasteiger partial charge on any atom is 0.0782 e. The van der Waals surface area contributed by atoms with Crippen LogP contribution in [0.5, 0.6) is 0 Å². The summed E-state index contributed by atoms with van der Waals surface area (Å²) in [5, 5.41) is 11.6. The van der Waals surface area contributed by atoms with E-state index in [0.717, 1.165) is 31.6 Å². The van der Waals surface area contributed by atoms with Gasteiger partial charge in [0.1, 0.15) is 0 Å². The summed E-state index contributed by atoms with van der Waals surface area (Å²) in [6.07, 6.45) is 4.09. The number of aryl methyl sites for hydroxylation is 1. The van der Waals surface area contributed by atoms with Gasteiger partial charge in [-0.05, 0) is 26.3 Å². The molecule has 5 nitrogen and oxygen atoms in total. The molecule has 0 amide bonds. The van der Waals surface area contributed by atoms with Crippen LogP contribution < -0.4 is 5.32 Å². The van der Waals surface area contributed by atoms with E-state index >= 15 is 0 Å². The average Bonchev–Trinajstić information content (AvgIpc) is 2.78. The van der Waals surface area contributed by atoms with Crippen molar-refractivity contribution >= 4 is 0 Å². The van der Waals surface area contributed by atoms with Gasteiger partial charge in [0, 0.05) is 13.7 Å². The maximum absolute atomic E-state index is 5.43. The van der Waals surface area contributed by atoms with Crippen molar-refractivity contribution in [3.8, 4) is 0 Å². The lowest BCUT2D eigenvalue weighted by Crippen LogP contribution is -2.33. The Morgan fingerprint density at radius 3 is 2.76 bits per heavy atom. The molecule has 2 unspecified atom stereocenters. The van der Waals surface area contributed by atoms with Crippen molar-refractivity contribution in [1.82, 2.24) is 20.3 Å². The van der Waals surface area contributed by atoms with Gasteiger partial charge in [-0.2, -0.15) is 0 Å². The molecule has 1 aromatic rings. The molecule has 0 spiro atoms. The van der Waals surface area contributed by atoms with E-state index < -0.39 is 0 Å². The zero-order valence-corrected chi connectivity index (χ0v) is 11.3. The summed E-state index contributed by atoms with van der Waals surface area (Å²) < 4.78 is 7.40. The molecule has 1 aromatic heterocycles. The molecule has 0 aliphatic rings. The van der Waals surface area contributed by atoms with Gasteiger partial charge in [0.05, 0.1) is 24.0 Å². The van der Waals surface area contributed by atoms with Crippen LogP contribution in [0, 0.1) is 0 Å². The molecule has 2 atom stereocenters. The lowest BCUT2D eigenvalue weighted by molar-refractivity contribution is 0.0799. The first-order chi connectivity index (χ1) is 8.24. The second-order valence-electron chi connectivity index (χ2n) is 4.25. The lowest BCUT2D eigenvalue weighted by atomic mass is 10.1. The van der Waals surface area contributed by atoms with E-state index in [2.05, 4.69) is 36.4 Å². The molecule has 1 N–H and O–H groups in total. The Morgan fingerprint density at radius 1 is 1.41 bits per heavy atom. The first-order valence-corrected chi connectivity index (χ1v) is 6.39. The Balaban J connectivity index is 2.83. The fourth-order valence-corrected chi connectivity index (χ4v) is 1.84. The minimum atomic E-state index is 0.107. The van der Waals surface area contributed by atoms with Gasteiger partial charge in [0.15, 0.2) is 0 Å². The van der Waals surface area contributed by atoms with Crippen molar-refractivity contribution in [2.45, 2.75) is 52.3 Å². The van der Waals surface area contributed by atoms with Crippen LogP contribution in [-0.2, 0) is 11.3 Å². The molecule has 1 heterocycles. The standard InChI is InChI=1S/C12H24N4O/c1-5-7-13-12(10(3)17-4)11-9-14-15-16(11)8-6-2/h9-10,12-13H,5-8H2,1-4H3. The third kappa shape index (κ3) is 3.78. The summed E-state index contributed by atoms with van der Waals surface area (Å²) in [6, 6.07) is 0.154. The van der Waals surface area contributed by atoms with Gasteiger partial charge in [0.2, 0.25) is 0 Å². The number of methoxy groups -OCH3 is 1. The fraction of sp³-hybridized carbons (Fsp3) is 0.833. The predicted molar refractivity (Wildman–Crippen MR) is 67.8 cm³/mol. The molecule has 0 fully saturated rings. The van der Waals surface area contributed by atoms with Crippen molar-refractivity contribution < 1.29 is 4.74 Å². The Hall–Kier alpha value is -0.940.